The van der Waals surface area contributed by atoms with E-state index in [2.05, 4.69) is 10.1 Å². The van der Waals surface area contributed by atoms with Crippen LogP contribution in [0.25, 0.3) is 0 Å². The number of aliphatic hydroxyl groups excluding tert-OH is 2. The molecule has 0 bridgehead atoms. The monoisotopic (exact) mass is 553 g/mol. The van der Waals surface area contributed by atoms with Gasteiger partial charge in [-0.15, -0.1) is 13.2 Å². The second-order valence-corrected chi connectivity index (χ2v) is 9.15. The molecule has 0 radical (unpaired) electrons. The fraction of sp³-hybridized carbons (Fsp3) is 0.370. The molecular weight excluding hydrogens is 526 g/mol. The number of nitrogens with one attached hydrogen (secondary N) is 1. The maximum absolute atomic E-state index is 14.3. The van der Waals surface area contributed by atoms with Crippen LogP contribution in [0, 0.1) is 5.82 Å². The Kier molecular flexibility index (Phi) is 8.90. The van der Waals surface area contributed by atoms with E-state index in [0.29, 0.717) is 11.3 Å². The highest BCUT2D eigenvalue weighted by atomic mass is 19.4. The maximum Gasteiger partial charge on any atom is 0.573 e. The molecular formula is C27H27F4NO7. The zero-order valence-corrected chi connectivity index (χ0v) is 20.6. The van der Waals surface area contributed by atoms with E-state index in [0.717, 1.165) is 12.1 Å². The molecule has 1 aliphatic carbocycles. The average Bonchev–Trinajstić information content (AvgIpc) is 3.41. The van der Waals surface area contributed by atoms with Crippen molar-refractivity contribution in [1.82, 2.24) is 5.32 Å². The molecule has 8 nitrogen and oxygen atoms in total. The summed E-state index contributed by atoms with van der Waals surface area (Å²) in [6.45, 7) is -0.569. The molecule has 3 aromatic rings. The van der Waals surface area contributed by atoms with Crippen molar-refractivity contribution in [2.24, 2.45) is 0 Å². The zero-order chi connectivity index (χ0) is 28.0. The number of benzene rings is 2. The van der Waals surface area contributed by atoms with Crippen molar-refractivity contribution in [2.75, 3.05) is 0 Å². The van der Waals surface area contributed by atoms with Crippen molar-refractivity contribution < 1.29 is 51.2 Å². The molecule has 0 aliphatic heterocycles. The highest BCUT2D eigenvalue weighted by Crippen LogP contribution is 2.36. The Morgan fingerprint density at radius 2 is 1.85 bits per heavy atom. The first-order chi connectivity index (χ1) is 18.5. The molecule has 4 atom stereocenters. The van der Waals surface area contributed by atoms with Crippen LogP contribution in [0.5, 0.6) is 5.75 Å². The lowest BCUT2D eigenvalue weighted by molar-refractivity contribution is -0.274. The van der Waals surface area contributed by atoms with E-state index < -0.39 is 47.7 Å². The van der Waals surface area contributed by atoms with Crippen LogP contribution in [0.2, 0.25) is 0 Å². The SMILES string of the molecule is O=C(NCc1ccco1)[C@@]1(OCc2ccccc2F)CC(OCc2cccc(OC(F)(F)F)c2)[C@H](O)[C@H](O)C1. The van der Waals surface area contributed by atoms with Crippen molar-refractivity contribution in [3.63, 3.8) is 0 Å². The van der Waals surface area contributed by atoms with Crippen molar-refractivity contribution in [3.8, 4) is 5.75 Å². The van der Waals surface area contributed by atoms with E-state index in [-0.39, 0.29) is 38.2 Å². The molecule has 1 aliphatic rings. The second-order valence-electron chi connectivity index (χ2n) is 9.15. The number of rotatable bonds is 10. The van der Waals surface area contributed by atoms with Gasteiger partial charge in [-0.25, -0.2) is 4.39 Å². The molecule has 1 saturated carbocycles. The van der Waals surface area contributed by atoms with Crippen LogP contribution in [0.3, 0.4) is 0 Å². The molecule has 2 aromatic carbocycles. The van der Waals surface area contributed by atoms with Gasteiger partial charge in [-0.2, -0.15) is 0 Å². The lowest BCUT2D eigenvalue weighted by atomic mass is 9.78. The van der Waals surface area contributed by atoms with Crippen molar-refractivity contribution in [3.05, 3.63) is 89.6 Å². The van der Waals surface area contributed by atoms with E-state index in [9.17, 15) is 32.6 Å². The van der Waals surface area contributed by atoms with Crippen molar-refractivity contribution in [2.45, 2.75) is 62.9 Å². The molecule has 0 spiro atoms. The predicted molar refractivity (Wildman–Crippen MR) is 127 cm³/mol. The summed E-state index contributed by atoms with van der Waals surface area (Å²) >= 11 is 0. The topological polar surface area (TPSA) is 110 Å². The summed E-state index contributed by atoms with van der Waals surface area (Å²) in [4.78, 5) is 13.4. The van der Waals surface area contributed by atoms with Crippen LogP contribution < -0.4 is 10.1 Å². The molecule has 210 valence electrons. The third-order valence-electron chi connectivity index (χ3n) is 6.32. The number of hydrogen-bond acceptors (Lipinski definition) is 7. The summed E-state index contributed by atoms with van der Waals surface area (Å²) in [7, 11) is 0. The summed E-state index contributed by atoms with van der Waals surface area (Å²) in [5.74, 6) is -1.19. The van der Waals surface area contributed by atoms with E-state index in [1.807, 2.05) is 0 Å². The highest BCUT2D eigenvalue weighted by Gasteiger charge is 2.51. The Morgan fingerprint density at radius 3 is 2.56 bits per heavy atom. The van der Waals surface area contributed by atoms with Crippen LogP contribution in [0.15, 0.2) is 71.3 Å². The zero-order valence-electron chi connectivity index (χ0n) is 20.6. The van der Waals surface area contributed by atoms with Gasteiger partial charge in [0.2, 0.25) is 0 Å². The summed E-state index contributed by atoms with van der Waals surface area (Å²) in [5.41, 5.74) is -1.26. The molecule has 1 heterocycles. The molecule has 1 unspecified atom stereocenters. The number of furan rings is 1. The lowest BCUT2D eigenvalue weighted by Crippen LogP contribution is -2.60. The minimum Gasteiger partial charge on any atom is -0.467 e. The summed E-state index contributed by atoms with van der Waals surface area (Å²) in [5, 5.41) is 24.0. The first-order valence-corrected chi connectivity index (χ1v) is 12.1. The predicted octanol–water partition coefficient (Wildman–Crippen LogP) is 3.99. The van der Waals surface area contributed by atoms with Crippen LogP contribution in [-0.2, 0) is 34.0 Å². The number of hydrogen-bond donors (Lipinski definition) is 3. The van der Waals surface area contributed by atoms with Gasteiger partial charge in [0.25, 0.3) is 5.91 Å². The first kappa shape index (κ1) is 28.6. The van der Waals surface area contributed by atoms with Crippen LogP contribution in [0.4, 0.5) is 17.6 Å². The largest absolute Gasteiger partial charge is 0.573 e. The molecule has 39 heavy (non-hydrogen) atoms. The number of carbonyl (C=O) groups is 1. The normalized spacial score (nSPS) is 23.4. The first-order valence-electron chi connectivity index (χ1n) is 12.1. The van der Waals surface area contributed by atoms with Gasteiger partial charge in [0, 0.05) is 18.4 Å². The minimum absolute atomic E-state index is 0.00676. The van der Waals surface area contributed by atoms with Gasteiger partial charge in [-0.05, 0) is 35.9 Å². The number of amides is 1. The molecule has 4 rings (SSSR count). The van der Waals surface area contributed by atoms with E-state index >= 15 is 0 Å². The summed E-state index contributed by atoms with van der Waals surface area (Å²) in [6, 6.07) is 14.2. The third kappa shape index (κ3) is 7.57. The molecule has 3 N–H and O–H groups in total. The molecule has 1 fully saturated rings. The van der Waals surface area contributed by atoms with Gasteiger partial charge in [-0.1, -0.05) is 30.3 Å². The minimum atomic E-state index is -4.87. The van der Waals surface area contributed by atoms with Gasteiger partial charge in [0.1, 0.15) is 23.4 Å². The van der Waals surface area contributed by atoms with Crippen molar-refractivity contribution in [1.29, 1.82) is 0 Å². The van der Waals surface area contributed by atoms with Crippen LogP contribution in [0.1, 0.15) is 29.7 Å². The molecule has 1 aromatic heterocycles. The highest BCUT2D eigenvalue weighted by molar-refractivity contribution is 5.85. The number of carbonyl (C=O) groups excluding carboxylic acids is 1. The van der Waals surface area contributed by atoms with Gasteiger partial charge in [-0.3, -0.25) is 4.79 Å². The van der Waals surface area contributed by atoms with E-state index in [4.69, 9.17) is 13.9 Å². The van der Waals surface area contributed by atoms with Gasteiger partial charge < -0.3 is 34.2 Å². The Labute approximate surface area is 221 Å². The van der Waals surface area contributed by atoms with Crippen LogP contribution >= 0.6 is 0 Å². The Hall–Kier alpha value is -3.45. The number of ether oxygens (including phenoxy) is 3. The number of halogens is 4. The molecule has 0 saturated heterocycles. The van der Waals surface area contributed by atoms with Crippen LogP contribution in [-0.4, -0.2) is 46.4 Å². The number of alkyl halides is 3. The van der Waals surface area contributed by atoms with Gasteiger partial charge in [0.05, 0.1) is 38.2 Å². The molecule has 1 amide bonds. The fourth-order valence-corrected chi connectivity index (χ4v) is 4.37. The molecule has 12 heteroatoms. The smallest absolute Gasteiger partial charge is 0.467 e. The summed E-state index contributed by atoms with van der Waals surface area (Å²) < 4.78 is 72.9. The third-order valence-corrected chi connectivity index (χ3v) is 6.32. The maximum atomic E-state index is 14.3. The van der Waals surface area contributed by atoms with Gasteiger partial charge in [0.15, 0.2) is 5.60 Å². The Balaban J connectivity index is 1.52. The van der Waals surface area contributed by atoms with E-state index in [1.165, 1.54) is 36.6 Å². The quantitative estimate of drug-likeness (QED) is 0.326. The van der Waals surface area contributed by atoms with Gasteiger partial charge >= 0.3 is 6.36 Å². The summed E-state index contributed by atoms with van der Waals surface area (Å²) in [6.07, 6.45) is -8.03. The standard InChI is InChI=1S/C27H27F4NO7/c28-21-9-2-1-6-18(21)16-38-26(25(35)32-14-20-8-4-10-36-20)12-22(33)24(34)23(13-26)37-15-17-5-3-7-19(11-17)39-27(29,30)31/h1-11,22-24,33-34H,12-16H2,(H,32,35)/t22-,23?,24-,26+/m1/s1. The number of aliphatic hydroxyl groups is 2. The fourth-order valence-electron chi connectivity index (χ4n) is 4.37. The van der Waals surface area contributed by atoms with E-state index in [1.54, 1.807) is 18.2 Å². The average molecular weight is 554 g/mol. The lowest BCUT2D eigenvalue weighted by Gasteiger charge is -2.43. The second kappa shape index (κ2) is 12.2. The Bertz CT molecular complexity index is 1240. The van der Waals surface area contributed by atoms with Crippen molar-refractivity contribution >= 4 is 5.91 Å². The Morgan fingerprint density at radius 1 is 1.05 bits per heavy atom.